The SMILES string of the molecule is CNC(C)(C)CN(CC(F)(F)F)C1CC1. The van der Waals surface area contributed by atoms with Crippen LogP contribution in [0, 0.1) is 0 Å². The second kappa shape index (κ2) is 4.29. The molecule has 2 nitrogen and oxygen atoms in total. The van der Waals surface area contributed by atoms with Gasteiger partial charge in [0.2, 0.25) is 0 Å². The van der Waals surface area contributed by atoms with E-state index in [1.54, 1.807) is 7.05 Å². The summed E-state index contributed by atoms with van der Waals surface area (Å²) in [5.41, 5.74) is -0.270. The first kappa shape index (κ1) is 12.8. The van der Waals surface area contributed by atoms with Crippen LogP contribution in [-0.4, -0.2) is 42.8 Å². The molecule has 1 rings (SSSR count). The van der Waals surface area contributed by atoms with Gasteiger partial charge in [-0.15, -0.1) is 0 Å². The van der Waals surface area contributed by atoms with Gasteiger partial charge in [-0.1, -0.05) is 0 Å². The zero-order valence-corrected chi connectivity index (χ0v) is 9.49. The molecule has 0 bridgehead atoms. The van der Waals surface area contributed by atoms with Crippen LogP contribution < -0.4 is 5.32 Å². The van der Waals surface area contributed by atoms with Crippen LogP contribution in [0.15, 0.2) is 0 Å². The summed E-state index contributed by atoms with van der Waals surface area (Å²) in [6.07, 6.45) is -2.29. The number of alkyl halides is 3. The third-order valence-corrected chi connectivity index (χ3v) is 2.72. The molecule has 1 aliphatic rings. The number of hydrogen-bond donors (Lipinski definition) is 1. The van der Waals surface area contributed by atoms with Gasteiger partial charge in [0.05, 0.1) is 6.54 Å². The highest BCUT2D eigenvalue weighted by molar-refractivity contribution is 4.90. The number of hydrogen-bond acceptors (Lipinski definition) is 2. The summed E-state index contributed by atoms with van der Waals surface area (Å²) < 4.78 is 36.9. The quantitative estimate of drug-likeness (QED) is 0.768. The second-order valence-corrected chi connectivity index (χ2v) is 4.89. The molecular weight excluding hydrogens is 205 g/mol. The third kappa shape index (κ3) is 4.84. The van der Waals surface area contributed by atoms with E-state index in [2.05, 4.69) is 5.32 Å². The molecule has 0 spiro atoms. The predicted molar refractivity (Wildman–Crippen MR) is 53.8 cm³/mol. The van der Waals surface area contributed by atoms with Crippen LogP contribution >= 0.6 is 0 Å². The van der Waals surface area contributed by atoms with Crippen molar-refractivity contribution < 1.29 is 13.2 Å². The molecule has 15 heavy (non-hydrogen) atoms. The van der Waals surface area contributed by atoms with Crippen LogP contribution in [0.4, 0.5) is 13.2 Å². The highest BCUT2D eigenvalue weighted by Crippen LogP contribution is 2.31. The van der Waals surface area contributed by atoms with Gasteiger partial charge in [0.25, 0.3) is 0 Å². The van der Waals surface area contributed by atoms with E-state index in [0.29, 0.717) is 6.54 Å². The molecule has 90 valence electrons. The highest BCUT2D eigenvalue weighted by Gasteiger charge is 2.39. The zero-order chi connectivity index (χ0) is 11.7. The fourth-order valence-electron chi connectivity index (χ4n) is 1.57. The lowest BCUT2D eigenvalue weighted by molar-refractivity contribution is -0.148. The molecule has 0 atom stereocenters. The van der Waals surface area contributed by atoms with Gasteiger partial charge < -0.3 is 5.32 Å². The average molecular weight is 224 g/mol. The fraction of sp³-hybridized carbons (Fsp3) is 1.00. The standard InChI is InChI=1S/C10H19F3N2/c1-9(2,14-3)6-15(8-4-5-8)7-10(11,12)13/h8,14H,4-7H2,1-3H3. The third-order valence-electron chi connectivity index (χ3n) is 2.72. The average Bonchev–Trinajstić information content (AvgIpc) is 2.82. The molecule has 1 saturated carbocycles. The lowest BCUT2D eigenvalue weighted by atomic mass is 10.1. The Kier molecular flexibility index (Phi) is 3.66. The summed E-state index contributed by atoms with van der Waals surface area (Å²) in [5.74, 6) is 0. The molecule has 0 aromatic heterocycles. The van der Waals surface area contributed by atoms with E-state index >= 15 is 0 Å². The van der Waals surface area contributed by atoms with Crippen molar-refractivity contribution in [2.24, 2.45) is 0 Å². The van der Waals surface area contributed by atoms with Crippen LogP contribution in [-0.2, 0) is 0 Å². The van der Waals surface area contributed by atoms with Gasteiger partial charge in [0, 0.05) is 18.1 Å². The van der Waals surface area contributed by atoms with E-state index in [0.717, 1.165) is 12.8 Å². The molecule has 0 heterocycles. The Labute approximate surface area is 88.8 Å². The van der Waals surface area contributed by atoms with E-state index in [1.807, 2.05) is 13.8 Å². The molecular formula is C10H19F3N2. The molecule has 1 fully saturated rings. The topological polar surface area (TPSA) is 15.3 Å². The minimum atomic E-state index is -4.09. The minimum absolute atomic E-state index is 0.138. The molecule has 0 aromatic rings. The minimum Gasteiger partial charge on any atom is -0.314 e. The lowest BCUT2D eigenvalue weighted by Gasteiger charge is -2.33. The maximum absolute atomic E-state index is 12.3. The van der Waals surface area contributed by atoms with Gasteiger partial charge in [-0.05, 0) is 33.7 Å². The van der Waals surface area contributed by atoms with Crippen molar-refractivity contribution >= 4 is 0 Å². The Morgan fingerprint density at radius 1 is 1.20 bits per heavy atom. The van der Waals surface area contributed by atoms with Crippen molar-refractivity contribution in [2.75, 3.05) is 20.1 Å². The predicted octanol–water partition coefficient (Wildman–Crippen LogP) is 2.01. The Hall–Kier alpha value is -0.290. The smallest absolute Gasteiger partial charge is 0.314 e. The second-order valence-electron chi connectivity index (χ2n) is 4.89. The van der Waals surface area contributed by atoms with Crippen molar-refractivity contribution in [3.05, 3.63) is 0 Å². The number of nitrogens with zero attached hydrogens (tertiary/aromatic N) is 1. The molecule has 0 aromatic carbocycles. The number of rotatable bonds is 5. The van der Waals surface area contributed by atoms with Crippen LogP contribution in [0.25, 0.3) is 0 Å². The van der Waals surface area contributed by atoms with Crippen molar-refractivity contribution in [2.45, 2.75) is 44.4 Å². The Morgan fingerprint density at radius 2 is 1.73 bits per heavy atom. The summed E-state index contributed by atoms with van der Waals surface area (Å²) in [7, 11) is 1.78. The Balaban J connectivity index is 2.51. The summed E-state index contributed by atoms with van der Waals surface area (Å²) in [5, 5.41) is 3.03. The molecule has 0 radical (unpaired) electrons. The molecule has 1 N–H and O–H groups in total. The van der Waals surface area contributed by atoms with Crippen molar-refractivity contribution in [3.63, 3.8) is 0 Å². The number of halogens is 3. The van der Waals surface area contributed by atoms with Gasteiger partial charge >= 0.3 is 6.18 Å². The highest BCUT2D eigenvalue weighted by atomic mass is 19.4. The van der Waals surface area contributed by atoms with Crippen LogP contribution in [0.1, 0.15) is 26.7 Å². The summed E-state index contributed by atoms with van der Waals surface area (Å²) in [6.45, 7) is 3.48. The lowest BCUT2D eigenvalue weighted by Crippen LogP contribution is -2.50. The monoisotopic (exact) mass is 224 g/mol. The van der Waals surface area contributed by atoms with Gasteiger partial charge in [0.15, 0.2) is 0 Å². The molecule has 1 aliphatic carbocycles. The van der Waals surface area contributed by atoms with Gasteiger partial charge in [-0.25, -0.2) is 0 Å². The van der Waals surface area contributed by atoms with Gasteiger partial charge in [-0.2, -0.15) is 13.2 Å². The zero-order valence-electron chi connectivity index (χ0n) is 9.49. The van der Waals surface area contributed by atoms with Crippen LogP contribution in [0.2, 0.25) is 0 Å². The molecule has 0 unspecified atom stereocenters. The molecule has 0 amide bonds. The largest absolute Gasteiger partial charge is 0.401 e. The first-order chi connectivity index (χ1) is 6.73. The van der Waals surface area contributed by atoms with Crippen molar-refractivity contribution in [1.82, 2.24) is 10.2 Å². The van der Waals surface area contributed by atoms with Gasteiger partial charge in [-0.3, -0.25) is 4.90 Å². The van der Waals surface area contributed by atoms with E-state index < -0.39 is 12.7 Å². The molecule has 0 saturated heterocycles. The Morgan fingerprint density at radius 3 is 2.07 bits per heavy atom. The fourth-order valence-corrected chi connectivity index (χ4v) is 1.57. The summed E-state index contributed by atoms with van der Waals surface area (Å²) in [4.78, 5) is 1.54. The summed E-state index contributed by atoms with van der Waals surface area (Å²) in [6, 6.07) is 0.138. The Bertz CT molecular complexity index is 209. The molecule has 0 aliphatic heterocycles. The van der Waals surface area contributed by atoms with Crippen molar-refractivity contribution in [3.8, 4) is 0 Å². The molecule has 5 heteroatoms. The van der Waals surface area contributed by atoms with E-state index in [-0.39, 0.29) is 11.6 Å². The first-order valence-corrected chi connectivity index (χ1v) is 5.23. The maximum atomic E-state index is 12.3. The van der Waals surface area contributed by atoms with E-state index in [1.165, 1.54) is 4.90 Å². The first-order valence-electron chi connectivity index (χ1n) is 5.23. The number of likely N-dealkylation sites (N-methyl/N-ethyl adjacent to an activating group) is 1. The van der Waals surface area contributed by atoms with E-state index in [9.17, 15) is 13.2 Å². The van der Waals surface area contributed by atoms with Crippen molar-refractivity contribution in [1.29, 1.82) is 0 Å². The number of nitrogens with one attached hydrogen (secondary N) is 1. The van der Waals surface area contributed by atoms with Crippen LogP contribution in [0.3, 0.4) is 0 Å². The normalized spacial score (nSPS) is 18.6. The van der Waals surface area contributed by atoms with Crippen LogP contribution in [0.5, 0.6) is 0 Å². The van der Waals surface area contributed by atoms with Gasteiger partial charge in [0.1, 0.15) is 0 Å². The summed E-state index contributed by atoms with van der Waals surface area (Å²) >= 11 is 0. The van der Waals surface area contributed by atoms with E-state index in [4.69, 9.17) is 0 Å². The maximum Gasteiger partial charge on any atom is 0.401 e.